The van der Waals surface area contributed by atoms with Crippen LogP contribution in [0.1, 0.15) is 65.2 Å². The standard InChI is InChI=1S/C28H42O10/c1-27-9-8-14(29)10-13(27)4-5-15-16-6-7-17(28(16,2)11-18(30)20(15)27)19(31)12-37-26-23(34)21(32)22(33)24(38-26)25(35)36-3/h13-17,20-24,26,29,32-34H,4-12H2,1-3H3/t13?,14-,15?,16?,17?,20?,21-,22-,23+,24?,26+,27?,28?/m1/s1. The van der Waals surface area contributed by atoms with E-state index in [1.54, 1.807) is 0 Å². The minimum atomic E-state index is -1.72. The van der Waals surface area contributed by atoms with Crippen LogP contribution in [0.25, 0.3) is 0 Å². The zero-order valence-electron chi connectivity index (χ0n) is 22.5. The minimum Gasteiger partial charge on any atom is -0.467 e. The highest BCUT2D eigenvalue weighted by Gasteiger charge is 2.64. The van der Waals surface area contributed by atoms with E-state index in [1.165, 1.54) is 0 Å². The molecule has 4 N–H and O–H groups in total. The summed E-state index contributed by atoms with van der Waals surface area (Å²) >= 11 is 0. The molecule has 5 rings (SSSR count). The lowest BCUT2D eigenvalue weighted by Crippen LogP contribution is -2.60. The van der Waals surface area contributed by atoms with E-state index >= 15 is 0 Å². The van der Waals surface area contributed by atoms with Crippen molar-refractivity contribution < 1.29 is 49.0 Å². The van der Waals surface area contributed by atoms with Crippen LogP contribution in [0.5, 0.6) is 0 Å². The molecule has 0 aromatic heterocycles. The van der Waals surface area contributed by atoms with Crippen molar-refractivity contribution in [1.82, 2.24) is 0 Å². The van der Waals surface area contributed by atoms with Gasteiger partial charge in [-0.15, -0.1) is 0 Å². The van der Waals surface area contributed by atoms with Crippen molar-refractivity contribution in [3.05, 3.63) is 0 Å². The van der Waals surface area contributed by atoms with Crippen LogP contribution in [-0.2, 0) is 28.6 Å². The third-order valence-electron chi connectivity index (χ3n) is 11.1. The van der Waals surface area contributed by atoms with Gasteiger partial charge >= 0.3 is 5.97 Å². The maximum atomic E-state index is 13.8. The summed E-state index contributed by atoms with van der Waals surface area (Å²) in [6, 6.07) is 0. The van der Waals surface area contributed by atoms with Crippen molar-refractivity contribution in [2.75, 3.05) is 13.7 Å². The number of rotatable bonds is 5. The monoisotopic (exact) mass is 538 g/mol. The summed E-state index contributed by atoms with van der Waals surface area (Å²) in [5.74, 6) is -0.457. The summed E-state index contributed by atoms with van der Waals surface area (Å²) in [5.41, 5.74) is -0.575. The highest BCUT2D eigenvalue weighted by atomic mass is 16.7. The van der Waals surface area contributed by atoms with Gasteiger partial charge in [0.2, 0.25) is 0 Å². The van der Waals surface area contributed by atoms with Gasteiger partial charge in [0.25, 0.3) is 0 Å². The first kappa shape index (κ1) is 28.1. The van der Waals surface area contributed by atoms with Gasteiger partial charge in [0.1, 0.15) is 30.7 Å². The van der Waals surface area contributed by atoms with E-state index in [0.717, 1.165) is 45.6 Å². The van der Waals surface area contributed by atoms with Crippen molar-refractivity contribution in [2.45, 2.75) is 102 Å². The average Bonchev–Trinajstić information content (AvgIpc) is 3.23. The van der Waals surface area contributed by atoms with Crippen molar-refractivity contribution in [3.63, 3.8) is 0 Å². The van der Waals surface area contributed by atoms with Gasteiger partial charge in [0, 0.05) is 18.3 Å². The fraction of sp³-hybridized carbons (Fsp3) is 0.893. The fourth-order valence-corrected chi connectivity index (χ4v) is 9.14. The van der Waals surface area contributed by atoms with Gasteiger partial charge in [-0.05, 0) is 73.5 Å². The molecule has 0 bridgehead atoms. The molecule has 214 valence electrons. The molecule has 8 unspecified atom stereocenters. The van der Waals surface area contributed by atoms with E-state index in [-0.39, 0.29) is 46.8 Å². The molecule has 0 radical (unpaired) electrons. The number of aliphatic hydroxyl groups is 4. The lowest BCUT2D eigenvalue weighted by atomic mass is 9.44. The zero-order valence-corrected chi connectivity index (χ0v) is 22.5. The molecule has 1 heterocycles. The molecule has 0 amide bonds. The van der Waals surface area contributed by atoms with E-state index < -0.39 is 48.7 Å². The normalized spacial score (nSPS) is 50.5. The van der Waals surface area contributed by atoms with Crippen LogP contribution < -0.4 is 0 Å². The van der Waals surface area contributed by atoms with Gasteiger partial charge in [0.05, 0.1) is 13.2 Å². The van der Waals surface area contributed by atoms with Crippen LogP contribution in [-0.4, -0.2) is 88.5 Å². The molecule has 4 saturated carbocycles. The smallest absolute Gasteiger partial charge is 0.337 e. The highest BCUT2D eigenvalue weighted by molar-refractivity contribution is 5.88. The molecular formula is C28H42O10. The van der Waals surface area contributed by atoms with Crippen LogP contribution in [0.3, 0.4) is 0 Å². The third-order valence-corrected chi connectivity index (χ3v) is 11.1. The second-order valence-electron chi connectivity index (χ2n) is 12.9. The molecule has 4 aliphatic carbocycles. The molecule has 1 aliphatic heterocycles. The number of hydrogen-bond donors (Lipinski definition) is 4. The number of aliphatic hydroxyl groups excluding tert-OH is 4. The van der Waals surface area contributed by atoms with E-state index in [4.69, 9.17) is 9.47 Å². The lowest BCUT2D eigenvalue weighted by molar-refractivity contribution is -0.293. The summed E-state index contributed by atoms with van der Waals surface area (Å²) in [4.78, 5) is 39.2. The van der Waals surface area contributed by atoms with Crippen molar-refractivity contribution in [2.24, 2.45) is 40.4 Å². The van der Waals surface area contributed by atoms with Crippen LogP contribution >= 0.6 is 0 Å². The van der Waals surface area contributed by atoms with Gasteiger partial charge in [-0.25, -0.2) is 4.79 Å². The van der Waals surface area contributed by atoms with Crippen LogP contribution in [0.4, 0.5) is 0 Å². The Morgan fingerprint density at radius 1 is 0.974 bits per heavy atom. The summed E-state index contributed by atoms with van der Waals surface area (Å²) in [6.45, 7) is 3.89. The minimum absolute atomic E-state index is 0.0223. The Labute approximate surface area is 223 Å². The molecule has 5 fully saturated rings. The summed E-state index contributed by atoms with van der Waals surface area (Å²) < 4.78 is 15.5. The Kier molecular flexibility index (Phi) is 7.54. The van der Waals surface area contributed by atoms with Crippen molar-refractivity contribution >= 4 is 17.5 Å². The van der Waals surface area contributed by atoms with Crippen molar-refractivity contribution in [3.8, 4) is 0 Å². The predicted octanol–water partition coefficient (Wildman–Crippen LogP) is 0.752. The van der Waals surface area contributed by atoms with Gasteiger partial charge in [-0.2, -0.15) is 0 Å². The molecule has 1 saturated heterocycles. The topological polar surface area (TPSA) is 160 Å². The highest BCUT2D eigenvalue weighted by Crippen LogP contribution is 2.66. The predicted molar refractivity (Wildman–Crippen MR) is 131 cm³/mol. The summed E-state index contributed by atoms with van der Waals surface area (Å²) in [7, 11) is 1.10. The Morgan fingerprint density at radius 3 is 2.42 bits per heavy atom. The number of fused-ring (bicyclic) bond motifs is 5. The first-order valence-electron chi connectivity index (χ1n) is 14.0. The summed E-state index contributed by atoms with van der Waals surface area (Å²) in [6.07, 6.45) is -2.24. The molecule has 0 aromatic carbocycles. The van der Waals surface area contributed by atoms with Gasteiger partial charge in [-0.1, -0.05) is 13.8 Å². The van der Waals surface area contributed by atoms with E-state index in [0.29, 0.717) is 18.8 Å². The number of hydrogen-bond acceptors (Lipinski definition) is 10. The number of ketones is 2. The molecule has 38 heavy (non-hydrogen) atoms. The molecule has 10 nitrogen and oxygen atoms in total. The lowest BCUT2D eigenvalue weighted by Gasteiger charge is -2.59. The van der Waals surface area contributed by atoms with Gasteiger partial charge in [0.15, 0.2) is 18.2 Å². The largest absolute Gasteiger partial charge is 0.467 e. The third kappa shape index (κ3) is 4.36. The van der Waals surface area contributed by atoms with E-state index in [2.05, 4.69) is 18.6 Å². The quantitative estimate of drug-likeness (QED) is 0.368. The first-order valence-corrected chi connectivity index (χ1v) is 14.0. The molecule has 10 heteroatoms. The molecule has 5 aliphatic rings. The zero-order chi connectivity index (χ0) is 27.6. The molecule has 13 atom stereocenters. The number of carbonyl (C=O) groups is 3. The Morgan fingerprint density at radius 2 is 1.71 bits per heavy atom. The second kappa shape index (κ2) is 10.2. The van der Waals surface area contributed by atoms with Crippen LogP contribution in [0.15, 0.2) is 0 Å². The number of methoxy groups -OCH3 is 1. The maximum absolute atomic E-state index is 13.8. The molecule has 0 aromatic rings. The van der Waals surface area contributed by atoms with Crippen molar-refractivity contribution in [1.29, 1.82) is 0 Å². The number of esters is 1. The van der Waals surface area contributed by atoms with Gasteiger partial charge in [-0.3, -0.25) is 9.59 Å². The molecular weight excluding hydrogens is 496 g/mol. The second-order valence-corrected chi connectivity index (χ2v) is 12.9. The van der Waals surface area contributed by atoms with E-state index in [9.17, 15) is 34.8 Å². The Bertz CT molecular complexity index is 954. The number of carbonyl (C=O) groups excluding carboxylic acids is 3. The van der Waals surface area contributed by atoms with Crippen LogP contribution in [0.2, 0.25) is 0 Å². The Hall–Kier alpha value is -1.43. The number of Topliss-reactive ketones (excluding diaryl/α,β-unsaturated/α-hetero) is 2. The van der Waals surface area contributed by atoms with E-state index in [1.807, 2.05) is 0 Å². The fourth-order valence-electron chi connectivity index (χ4n) is 9.14. The van der Waals surface area contributed by atoms with Gasteiger partial charge < -0.3 is 34.6 Å². The van der Waals surface area contributed by atoms with Crippen LogP contribution in [0, 0.1) is 40.4 Å². The maximum Gasteiger partial charge on any atom is 0.337 e. The molecule has 0 spiro atoms. The number of ether oxygens (including phenoxy) is 3. The SMILES string of the molecule is COC(=O)C1O[C@H](OCC(=O)C2CCC3C4CCC5C[C@H](O)CCC5(C)C4C(=O)CC23C)[C@@H](O)[C@H](O)[C@H]1O. The Balaban J connectivity index is 1.27. The first-order chi connectivity index (χ1) is 17.9. The summed E-state index contributed by atoms with van der Waals surface area (Å²) in [5, 5.41) is 40.8. The average molecular weight is 539 g/mol.